The minimum atomic E-state index is -0.737. The Morgan fingerprint density at radius 3 is 2.91 bits per heavy atom. The number of aromatic nitrogens is 2. The van der Waals surface area contributed by atoms with Gasteiger partial charge in [-0.1, -0.05) is 0 Å². The van der Waals surface area contributed by atoms with Crippen molar-refractivity contribution in [2.45, 2.75) is 31.1 Å². The second-order valence-corrected chi connectivity index (χ2v) is 5.48. The van der Waals surface area contributed by atoms with Crippen LogP contribution in [0.15, 0.2) is 18.5 Å². The van der Waals surface area contributed by atoms with Crippen LogP contribution in [0, 0.1) is 0 Å². The van der Waals surface area contributed by atoms with Crippen LogP contribution < -0.4 is 5.32 Å². The number of likely N-dealkylation sites (N-methyl/N-ethyl adjacent to an activating group) is 1. The maximum absolute atomic E-state index is 12.3. The highest BCUT2D eigenvalue weighted by Crippen LogP contribution is 2.17. The average Bonchev–Trinajstić information content (AvgIpc) is 2.59. The van der Waals surface area contributed by atoms with Gasteiger partial charge in [-0.2, -0.15) is 0 Å². The summed E-state index contributed by atoms with van der Waals surface area (Å²) in [6.07, 6.45) is 3.20. The van der Waals surface area contributed by atoms with E-state index in [9.17, 15) is 9.90 Å². The number of aliphatic hydroxyl groups excluding tert-OH is 1. The Balaban J connectivity index is 1.74. The molecule has 2 heterocycles. The summed E-state index contributed by atoms with van der Waals surface area (Å²) < 4.78 is 10.6. The summed E-state index contributed by atoms with van der Waals surface area (Å²) in [5.41, 5.74) is 0. The number of aliphatic hydroxyl groups is 1. The molecule has 23 heavy (non-hydrogen) atoms. The predicted molar refractivity (Wildman–Crippen MR) is 83.9 cm³/mol. The Hall–Kier alpha value is -1.77. The highest BCUT2D eigenvalue weighted by Gasteiger charge is 2.36. The summed E-state index contributed by atoms with van der Waals surface area (Å²) in [5, 5.41) is 13.3. The first-order valence-corrected chi connectivity index (χ1v) is 7.68. The fourth-order valence-electron chi connectivity index (χ4n) is 2.49. The first kappa shape index (κ1) is 17.6. The lowest BCUT2D eigenvalue weighted by Gasteiger charge is -2.38. The fraction of sp³-hybridized carbons (Fsp3) is 0.667. The fourth-order valence-corrected chi connectivity index (χ4v) is 2.49. The smallest absolute Gasteiger partial charge is 0.222 e. The largest absolute Gasteiger partial charge is 0.388 e. The Labute approximate surface area is 135 Å². The van der Waals surface area contributed by atoms with E-state index in [1.54, 1.807) is 30.4 Å². The third kappa shape index (κ3) is 4.85. The van der Waals surface area contributed by atoms with Crippen LogP contribution in [-0.4, -0.2) is 78.0 Å². The Bertz CT molecular complexity index is 488. The number of anilines is 1. The normalized spacial score (nSPS) is 24.2. The van der Waals surface area contributed by atoms with Crippen LogP contribution in [0.2, 0.25) is 0 Å². The zero-order valence-electron chi connectivity index (χ0n) is 13.5. The van der Waals surface area contributed by atoms with E-state index in [0.717, 1.165) is 0 Å². The van der Waals surface area contributed by atoms with Gasteiger partial charge in [0.05, 0.1) is 19.3 Å². The quantitative estimate of drug-likeness (QED) is 0.676. The molecule has 3 atom stereocenters. The van der Waals surface area contributed by atoms with Crippen LogP contribution in [0.25, 0.3) is 0 Å². The molecule has 1 saturated heterocycles. The molecule has 1 aliphatic rings. The molecule has 1 aliphatic heterocycles. The van der Waals surface area contributed by atoms with E-state index < -0.39 is 12.2 Å². The summed E-state index contributed by atoms with van der Waals surface area (Å²) in [6, 6.07) is 1.36. The van der Waals surface area contributed by atoms with E-state index in [0.29, 0.717) is 38.5 Å². The molecular weight excluding hydrogens is 300 g/mol. The standard InChI is InChI=1S/C15H24N4O4/c1-19(11-9-23-10-12(22-2)14(11)21)13(20)5-3-6-16-15-17-7-4-8-18-15/h4,7-8,11-12,14,21H,3,5-6,9-10H2,1-2H3,(H,16,17,18)/t11-,12-,14+/m1/s1. The van der Waals surface area contributed by atoms with Crippen LogP contribution in [0.1, 0.15) is 12.8 Å². The summed E-state index contributed by atoms with van der Waals surface area (Å²) in [6.45, 7) is 1.27. The molecule has 0 saturated carbocycles. The van der Waals surface area contributed by atoms with Crippen LogP contribution >= 0.6 is 0 Å². The minimum absolute atomic E-state index is 0.0369. The van der Waals surface area contributed by atoms with Crippen molar-refractivity contribution in [2.75, 3.05) is 39.2 Å². The number of rotatable bonds is 7. The molecule has 0 spiro atoms. The number of amides is 1. The van der Waals surface area contributed by atoms with Gasteiger partial charge in [0, 0.05) is 39.5 Å². The molecule has 1 aromatic rings. The average molecular weight is 324 g/mol. The van der Waals surface area contributed by atoms with Crippen molar-refractivity contribution in [3.8, 4) is 0 Å². The van der Waals surface area contributed by atoms with Gasteiger partial charge < -0.3 is 24.8 Å². The number of hydrogen-bond donors (Lipinski definition) is 2. The Morgan fingerprint density at radius 1 is 1.48 bits per heavy atom. The van der Waals surface area contributed by atoms with Gasteiger partial charge in [0.15, 0.2) is 0 Å². The van der Waals surface area contributed by atoms with E-state index in [4.69, 9.17) is 9.47 Å². The zero-order chi connectivity index (χ0) is 16.7. The zero-order valence-corrected chi connectivity index (χ0v) is 13.5. The first-order chi connectivity index (χ1) is 11.1. The monoisotopic (exact) mass is 324 g/mol. The van der Waals surface area contributed by atoms with Gasteiger partial charge in [-0.05, 0) is 12.5 Å². The molecule has 0 radical (unpaired) electrons. The molecule has 0 aromatic carbocycles. The number of carbonyl (C=O) groups is 1. The second-order valence-electron chi connectivity index (χ2n) is 5.48. The van der Waals surface area contributed by atoms with Crippen LogP contribution in [0.5, 0.6) is 0 Å². The molecule has 2 N–H and O–H groups in total. The molecule has 128 valence electrons. The molecule has 1 aromatic heterocycles. The molecule has 2 rings (SSSR count). The third-order valence-corrected chi connectivity index (χ3v) is 3.96. The maximum atomic E-state index is 12.3. The summed E-state index contributed by atoms with van der Waals surface area (Å²) in [7, 11) is 3.21. The van der Waals surface area contributed by atoms with E-state index in [1.807, 2.05) is 0 Å². The van der Waals surface area contributed by atoms with Gasteiger partial charge in [0.1, 0.15) is 12.2 Å². The number of nitrogens with zero attached hydrogens (tertiary/aromatic N) is 3. The van der Waals surface area contributed by atoms with Crippen LogP contribution in [0.4, 0.5) is 5.95 Å². The molecule has 0 bridgehead atoms. The first-order valence-electron chi connectivity index (χ1n) is 7.68. The second kappa shape index (κ2) is 8.76. The highest BCUT2D eigenvalue weighted by molar-refractivity contribution is 5.76. The SMILES string of the molecule is CO[C@@H]1COC[C@@H](N(C)C(=O)CCCNc2ncccn2)[C@@H]1O. The molecule has 1 amide bonds. The van der Waals surface area contributed by atoms with Crippen LogP contribution in [-0.2, 0) is 14.3 Å². The van der Waals surface area contributed by atoms with Gasteiger partial charge in [-0.3, -0.25) is 4.79 Å². The molecule has 0 aliphatic carbocycles. The van der Waals surface area contributed by atoms with Gasteiger partial charge in [0.25, 0.3) is 0 Å². The van der Waals surface area contributed by atoms with E-state index in [1.165, 1.54) is 7.11 Å². The maximum Gasteiger partial charge on any atom is 0.222 e. The molecule has 0 unspecified atom stereocenters. The van der Waals surface area contributed by atoms with Crippen molar-refractivity contribution >= 4 is 11.9 Å². The van der Waals surface area contributed by atoms with Crippen molar-refractivity contribution in [3.63, 3.8) is 0 Å². The predicted octanol–water partition coefficient (Wildman–Crippen LogP) is -0.0982. The Kier molecular flexibility index (Phi) is 6.69. The number of hydrogen-bond acceptors (Lipinski definition) is 7. The molecule has 8 heteroatoms. The van der Waals surface area contributed by atoms with Gasteiger partial charge in [0.2, 0.25) is 11.9 Å². The van der Waals surface area contributed by atoms with E-state index >= 15 is 0 Å². The highest BCUT2D eigenvalue weighted by atomic mass is 16.5. The van der Waals surface area contributed by atoms with Gasteiger partial charge in [-0.25, -0.2) is 9.97 Å². The van der Waals surface area contributed by atoms with E-state index in [2.05, 4.69) is 15.3 Å². The number of nitrogens with one attached hydrogen (secondary N) is 1. The topological polar surface area (TPSA) is 96.8 Å². The number of carbonyl (C=O) groups excluding carboxylic acids is 1. The lowest BCUT2D eigenvalue weighted by atomic mass is 10.0. The van der Waals surface area contributed by atoms with E-state index in [-0.39, 0.29) is 11.9 Å². The summed E-state index contributed by atoms with van der Waals surface area (Å²) in [5.74, 6) is 0.512. The van der Waals surface area contributed by atoms with Crippen molar-refractivity contribution in [1.29, 1.82) is 0 Å². The van der Waals surface area contributed by atoms with Gasteiger partial charge >= 0.3 is 0 Å². The Morgan fingerprint density at radius 2 is 2.22 bits per heavy atom. The minimum Gasteiger partial charge on any atom is -0.388 e. The van der Waals surface area contributed by atoms with Crippen molar-refractivity contribution in [3.05, 3.63) is 18.5 Å². The summed E-state index contributed by atoms with van der Waals surface area (Å²) in [4.78, 5) is 21.9. The third-order valence-electron chi connectivity index (χ3n) is 3.96. The molecular formula is C15H24N4O4. The van der Waals surface area contributed by atoms with Crippen molar-refractivity contribution < 1.29 is 19.4 Å². The number of methoxy groups -OCH3 is 1. The molecule has 1 fully saturated rings. The lowest BCUT2D eigenvalue weighted by Crippen LogP contribution is -2.56. The lowest BCUT2D eigenvalue weighted by molar-refractivity contribution is -0.158. The van der Waals surface area contributed by atoms with Gasteiger partial charge in [-0.15, -0.1) is 0 Å². The summed E-state index contributed by atoms with van der Waals surface area (Å²) >= 11 is 0. The van der Waals surface area contributed by atoms with Crippen LogP contribution in [0.3, 0.4) is 0 Å². The number of ether oxygens (including phenoxy) is 2. The van der Waals surface area contributed by atoms with Crippen molar-refractivity contribution in [2.24, 2.45) is 0 Å². The van der Waals surface area contributed by atoms with Crippen molar-refractivity contribution in [1.82, 2.24) is 14.9 Å². The molecule has 8 nitrogen and oxygen atoms in total.